The van der Waals surface area contributed by atoms with Crippen LogP contribution in [-0.2, 0) is 6.54 Å². The van der Waals surface area contributed by atoms with Gasteiger partial charge in [-0.15, -0.1) is 0 Å². The second-order valence-corrected chi connectivity index (χ2v) is 2.90. The predicted molar refractivity (Wildman–Crippen MR) is 47.1 cm³/mol. The van der Waals surface area contributed by atoms with Gasteiger partial charge in [0.1, 0.15) is 0 Å². The fourth-order valence-electron chi connectivity index (χ4n) is 1.18. The zero-order chi connectivity index (χ0) is 9.14. The van der Waals surface area contributed by atoms with Crippen molar-refractivity contribution in [1.29, 1.82) is 0 Å². The minimum Gasteiger partial charge on any atom is -0.493 e. The van der Waals surface area contributed by atoms with Gasteiger partial charge in [-0.3, -0.25) is 4.68 Å². The topological polar surface area (TPSA) is 53.1 Å². The van der Waals surface area contributed by atoms with Crippen LogP contribution in [0.2, 0.25) is 0 Å². The average molecular weight is 169 g/mol. The van der Waals surface area contributed by atoms with Crippen LogP contribution in [0.4, 0.5) is 0 Å². The lowest BCUT2D eigenvalue weighted by Gasteiger charge is -2.09. The van der Waals surface area contributed by atoms with Crippen molar-refractivity contribution < 1.29 is 4.74 Å². The Balaban J connectivity index is 3.05. The molecular formula is C8H15N3O. The van der Waals surface area contributed by atoms with E-state index in [1.807, 2.05) is 4.68 Å². The SMILES string of the molecule is COc1cnn(C(C)C)c1CN. The molecule has 0 saturated heterocycles. The molecule has 1 rings (SSSR count). The maximum absolute atomic E-state index is 5.57. The largest absolute Gasteiger partial charge is 0.493 e. The van der Waals surface area contributed by atoms with Gasteiger partial charge in [-0.05, 0) is 13.8 Å². The maximum atomic E-state index is 5.57. The summed E-state index contributed by atoms with van der Waals surface area (Å²) < 4.78 is 6.98. The van der Waals surface area contributed by atoms with Crippen LogP contribution in [-0.4, -0.2) is 16.9 Å². The lowest BCUT2D eigenvalue weighted by molar-refractivity contribution is 0.404. The third-order valence-electron chi connectivity index (χ3n) is 1.76. The van der Waals surface area contributed by atoms with Gasteiger partial charge < -0.3 is 10.5 Å². The first-order chi connectivity index (χ1) is 5.70. The minimum absolute atomic E-state index is 0.326. The normalized spacial score (nSPS) is 10.8. The van der Waals surface area contributed by atoms with Crippen LogP contribution in [0.1, 0.15) is 25.6 Å². The molecule has 0 atom stereocenters. The number of hydrogen-bond acceptors (Lipinski definition) is 3. The molecule has 0 unspecified atom stereocenters. The first kappa shape index (κ1) is 9.06. The summed E-state index contributed by atoms with van der Waals surface area (Å²) in [7, 11) is 1.63. The Hall–Kier alpha value is -1.03. The zero-order valence-electron chi connectivity index (χ0n) is 7.74. The van der Waals surface area contributed by atoms with E-state index in [-0.39, 0.29) is 0 Å². The third-order valence-corrected chi connectivity index (χ3v) is 1.76. The Morgan fingerprint density at radius 2 is 2.33 bits per heavy atom. The van der Waals surface area contributed by atoms with Crippen molar-refractivity contribution in [3.8, 4) is 5.75 Å². The van der Waals surface area contributed by atoms with Gasteiger partial charge in [0, 0.05) is 12.6 Å². The average Bonchev–Trinajstić information content (AvgIpc) is 2.46. The van der Waals surface area contributed by atoms with Gasteiger partial charge in [0.15, 0.2) is 5.75 Å². The van der Waals surface area contributed by atoms with E-state index in [4.69, 9.17) is 10.5 Å². The minimum atomic E-state index is 0.326. The second kappa shape index (κ2) is 3.58. The van der Waals surface area contributed by atoms with Gasteiger partial charge in [-0.25, -0.2) is 0 Å². The molecule has 0 radical (unpaired) electrons. The van der Waals surface area contributed by atoms with Gasteiger partial charge in [0.25, 0.3) is 0 Å². The summed E-state index contributed by atoms with van der Waals surface area (Å²) in [6.45, 7) is 4.58. The first-order valence-electron chi connectivity index (χ1n) is 4.01. The maximum Gasteiger partial charge on any atom is 0.161 e. The van der Waals surface area contributed by atoms with Crippen LogP contribution in [0, 0.1) is 0 Å². The standard InChI is InChI=1S/C8H15N3O/c1-6(2)11-7(4-9)8(12-3)5-10-11/h5-6H,4,9H2,1-3H3. The number of nitrogens with two attached hydrogens (primary N) is 1. The molecule has 0 aliphatic carbocycles. The molecule has 1 aromatic heterocycles. The summed E-state index contributed by atoms with van der Waals surface area (Å²) in [4.78, 5) is 0. The summed E-state index contributed by atoms with van der Waals surface area (Å²) in [5, 5.41) is 4.17. The zero-order valence-corrected chi connectivity index (χ0v) is 7.74. The number of rotatable bonds is 3. The highest BCUT2D eigenvalue weighted by Crippen LogP contribution is 2.19. The molecule has 4 nitrogen and oxygen atoms in total. The first-order valence-corrected chi connectivity index (χ1v) is 4.01. The van der Waals surface area contributed by atoms with Crippen molar-refractivity contribution in [2.24, 2.45) is 5.73 Å². The van der Waals surface area contributed by atoms with Gasteiger partial charge in [-0.1, -0.05) is 0 Å². The van der Waals surface area contributed by atoms with Crippen LogP contribution in [0.5, 0.6) is 5.75 Å². The van der Waals surface area contributed by atoms with Crippen LogP contribution in [0.3, 0.4) is 0 Å². The molecule has 1 aromatic rings. The highest BCUT2D eigenvalue weighted by Gasteiger charge is 2.10. The van der Waals surface area contributed by atoms with E-state index >= 15 is 0 Å². The van der Waals surface area contributed by atoms with E-state index in [0.29, 0.717) is 12.6 Å². The monoisotopic (exact) mass is 169 g/mol. The summed E-state index contributed by atoms with van der Waals surface area (Å²) in [5.74, 6) is 0.770. The quantitative estimate of drug-likeness (QED) is 0.732. The fraction of sp³-hybridized carbons (Fsp3) is 0.625. The van der Waals surface area contributed by atoms with Crippen molar-refractivity contribution in [1.82, 2.24) is 9.78 Å². The highest BCUT2D eigenvalue weighted by molar-refractivity contribution is 5.25. The summed E-state index contributed by atoms with van der Waals surface area (Å²) in [6.07, 6.45) is 1.70. The lowest BCUT2D eigenvalue weighted by atomic mass is 10.3. The summed E-state index contributed by atoms with van der Waals surface area (Å²) in [5.41, 5.74) is 6.52. The number of ether oxygens (including phenoxy) is 1. The molecule has 0 amide bonds. The van der Waals surface area contributed by atoms with Crippen molar-refractivity contribution >= 4 is 0 Å². The smallest absolute Gasteiger partial charge is 0.161 e. The number of nitrogens with zero attached hydrogens (tertiary/aromatic N) is 2. The molecule has 0 spiro atoms. The van der Waals surface area contributed by atoms with Crippen molar-refractivity contribution in [2.45, 2.75) is 26.4 Å². The van der Waals surface area contributed by atoms with E-state index in [1.165, 1.54) is 0 Å². The van der Waals surface area contributed by atoms with Crippen LogP contribution < -0.4 is 10.5 Å². The Bertz CT molecular complexity index is 255. The van der Waals surface area contributed by atoms with E-state index < -0.39 is 0 Å². The molecule has 0 aliphatic heterocycles. The Kier molecular flexibility index (Phi) is 2.70. The van der Waals surface area contributed by atoms with Gasteiger partial charge >= 0.3 is 0 Å². The molecule has 1 heterocycles. The molecule has 0 bridgehead atoms. The van der Waals surface area contributed by atoms with Crippen molar-refractivity contribution in [3.63, 3.8) is 0 Å². The molecule has 68 valence electrons. The van der Waals surface area contributed by atoms with E-state index in [9.17, 15) is 0 Å². The second-order valence-electron chi connectivity index (χ2n) is 2.90. The highest BCUT2D eigenvalue weighted by atomic mass is 16.5. The Morgan fingerprint density at radius 1 is 1.67 bits per heavy atom. The molecule has 0 aromatic carbocycles. The van der Waals surface area contributed by atoms with Gasteiger partial charge in [0.05, 0.1) is 19.0 Å². The van der Waals surface area contributed by atoms with Gasteiger partial charge in [-0.2, -0.15) is 5.10 Å². The Morgan fingerprint density at radius 3 is 2.75 bits per heavy atom. The fourth-order valence-corrected chi connectivity index (χ4v) is 1.18. The lowest BCUT2D eigenvalue weighted by Crippen LogP contribution is -2.11. The number of methoxy groups -OCH3 is 1. The van der Waals surface area contributed by atoms with Gasteiger partial charge in [0.2, 0.25) is 0 Å². The van der Waals surface area contributed by atoms with E-state index in [1.54, 1.807) is 13.3 Å². The summed E-state index contributed by atoms with van der Waals surface area (Å²) >= 11 is 0. The van der Waals surface area contributed by atoms with E-state index in [2.05, 4.69) is 18.9 Å². The molecular weight excluding hydrogens is 154 g/mol. The molecule has 12 heavy (non-hydrogen) atoms. The Labute approximate surface area is 72.3 Å². The molecule has 4 heteroatoms. The van der Waals surface area contributed by atoms with E-state index in [0.717, 1.165) is 11.4 Å². The molecule has 0 aliphatic rings. The number of aromatic nitrogens is 2. The van der Waals surface area contributed by atoms with Crippen molar-refractivity contribution in [2.75, 3.05) is 7.11 Å². The van der Waals surface area contributed by atoms with Crippen molar-refractivity contribution in [3.05, 3.63) is 11.9 Å². The van der Waals surface area contributed by atoms with Crippen LogP contribution >= 0.6 is 0 Å². The molecule has 0 saturated carbocycles. The molecule has 2 N–H and O–H groups in total. The third kappa shape index (κ3) is 1.43. The molecule has 0 fully saturated rings. The number of hydrogen-bond donors (Lipinski definition) is 1. The van der Waals surface area contributed by atoms with Crippen LogP contribution in [0.25, 0.3) is 0 Å². The summed E-state index contributed by atoms with van der Waals surface area (Å²) in [6, 6.07) is 0.326. The predicted octanol–water partition coefficient (Wildman–Crippen LogP) is 0.931. The van der Waals surface area contributed by atoms with Crippen LogP contribution in [0.15, 0.2) is 6.20 Å².